The highest BCUT2D eigenvalue weighted by atomic mass is 16.5. The first kappa shape index (κ1) is 11.5. The number of nitrogens with zero attached hydrogens (tertiary/aromatic N) is 2. The highest BCUT2D eigenvalue weighted by Gasteiger charge is 2.19. The second-order valence-electron chi connectivity index (χ2n) is 4.98. The van der Waals surface area contributed by atoms with Crippen molar-refractivity contribution in [3.8, 4) is 5.75 Å². The number of hydrogen-bond acceptors (Lipinski definition) is 3. The smallest absolute Gasteiger partial charge is 0.146 e. The van der Waals surface area contributed by atoms with Crippen LogP contribution in [0.3, 0.4) is 0 Å². The Hall–Kier alpha value is -1.55. The van der Waals surface area contributed by atoms with Crippen molar-refractivity contribution in [3.05, 3.63) is 24.0 Å². The Morgan fingerprint density at radius 3 is 3.11 bits per heavy atom. The van der Waals surface area contributed by atoms with Gasteiger partial charge in [0.15, 0.2) is 0 Å². The molecule has 1 N–H and O–H groups in total. The molecule has 0 saturated carbocycles. The predicted molar refractivity (Wildman–Crippen MR) is 71.9 cm³/mol. The number of aromatic nitrogens is 2. The summed E-state index contributed by atoms with van der Waals surface area (Å²) in [7, 11) is 3.79. The number of benzene rings is 1. The van der Waals surface area contributed by atoms with Gasteiger partial charge in [-0.1, -0.05) is 6.07 Å². The third kappa shape index (κ3) is 1.86. The molecule has 0 bridgehead atoms. The fourth-order valence-corrected chi connectivity index (χ4v) is 2.73. The number of para-hydroxylation sites is 1. The van der Waals surface area contributed by atoms with Crippen molar-refractivity contribution in [3.63, 3.8) is 0 Å². The highest BCUT2D eigenvalue weighted by Crippen LogP contribution is 2.26. The van der Waals surface area contributed by atoms with Gasteiger partial charge in [0.25, 0.3) is 0 Å². The first-order valence-electron chi connectivity index (χ1n) is 6.48. The lowest BCUT2D eigenvalue weighted by Gasteiger charge is -2.07. The van der Waals surface area contributed by atoms with Crippen LogP contribution < -0.4 is 10.1 Å². The molecule has 96 valence electrons. The molecular weight excluding hydrogens is 226 g/mol. The van der Waals surface area contributed by atoms with Gasteiger partial charge >= 0.3 is 0 Å². The van der Waals surface area contributed by atoms with Gasteiger partial charge in [0.2, 0.25) is 0 Å². The molecule has 1 aliphatic rings. The number of hydrogen-bond donors (Lipinski definition) is 1. The zero-order valence-electron chi connectivity index (χ0n) is 10.9. The van der Waals surface area contributed by atoms with Crippen LogP contribution in [0.15, 0.2) is 18.2 Å². The molecule has 1 aromatic carbocycles. The van der Waals surface area contributed by atoms with E-state index in [0.717, 1.165) is 42.1 Å². The van der Waals surface area contributed by atoms with Crippen molar-refractivity contribution in [2.75, 3.05) is 20.2 Å². The lowest BCUT2D eigenvalue weighted by molar-refractivity contribution is 0.419. The Morgan fingerprint density at radius 1 is 1.50 bits per heavy atom. The predicted octanol–water partition coefficient (Wildman–Crippen LogP) is 1.73. The van der Waals surface area contributed by atoms with E-state index in [1.165, 1.54) is 6.42 Å². The first-order chi connectivity index (χ1) is 8.79. The van der Waals surface area contributed by atoms with Crippen LogP contribution in [0.2, 0.25) is 0 Å². The zero-order valence-corrected chi connectivity index (χ0v) is 10.9. The molecule has 4 nitrogen and oxygen atoms in total. The molecule has 1 atom stereocenters. The summed E-state index contributed by atoms with van der Waals surface area (Å²) in [4.78, 5) is 4.76. The van der Waals surface area contributed by atoms with Crippen molar-refractivity contribution in [2.24, 2.45) is 13.0 Å². The summed E-state index contributed by atoms with van der Waals surface area (Å²) in [6.07, 6.45) is 2.29. The van der Waals surface area contributed by atoms with Gasteiger partial charge < -0.3 is 14.6 Å². The average molecular weight is 245 g/mol. The van der Waals surface area contributed by atoms with Gasteiger partial charge in [0, 0.05) is 13.5 Å². The Balaban J connectivity index is 1.99. The van der Waals surface area contributed by atoms with Gasteiger partial charge in [-0.25, -0.2) is 4.98 Å². The molecule has 18 heavy (non-hydrogen) atoms. The maximum absolute atomic E-state index is 5.38. The molecule has 0 spiro atoms. The van der Waals surface area contributed by atoms with E-state index in [0.29, 0.717) is 5.92 Å². The fraction of sp³-hybridized carbons (Fsp3) is 0.500. The normalized spacial score (nSPS) is 19.6. The van der Waals surface area contributed by atoms with Crippen LogP contribution in [0.5, 0.6) is 5.75 Å². The van der Waals surface area contributed by atoms with E-state index in [1.807, 2.05) is 12.1 Å². The van der Waals surface area contributed by atoms with E-state index in [1.54, 1.807) is 7.11 Å². The topological polar surface area (TPSA) is 39.1 Å². The van der Waals surface area contributed by atoms with Crippen molar-refractivity contribution < 1.29 is 4.74 Å². The minimum atomic E-state index is 0.714. The van der Waals surface area contributed by atoms with E-state index < -0.39 is 0 Å². The average Bonchev–Trinajstić information content (AvgIpc) is 3.00. The molecule has 1 aromatic heterocycles. The fourth-order valence-electron chi connectivity index (χ4n) is 2.73. The molecule has 0 aliphatic carbocycles. The van der Waals surface area contributed by atoms with E-state index in [4.69, 9.17) is 9.72 Å². The molecule has 1 fully saturated rings. The van der Waals surface area contributed by atoms with Gasteiger partial charge in [-0.05, 0) is 37.6 Å². The second-order valence-corrected chi connectivity index (χ2v) is 4.98. The van der Waals surface area contributed by atoms with Crippen molar-refractivity contribution in [1.82, 2.24) is 14.9 Å². The van der Waals surface area contributed by atoms with E-state index in [-0.39, 0.29) is 0 Å². The van der Waals surface area contributed by atoms with E-state index in [9.17, 15) is 0 Å². The Kier molecular flexibility index (Phi) is 2.96. The summed E-state index contributed by atoms with van der Waals surface area (Å²) in [6, 6.07) is 6.08. The van der Waals surface area contributed by atoms with Crippen molar-refractivity contribution in [1.29, 1.82) is 0 Å². The summed E-state index contributed by atoms with van der Waals surface area (Å²) < 4.78 is 7.57. The van der Waals surface area contributed by atoms with Crippen molar-refractivity contribution in [2.45, 2.75) is 12.8 Å². The van der Waals surface area contributed by atoms with Crippen LogP contribution in [0.25, 0.3) is 11.0 Å². The molecule has 2 heterocycles. The molecule has 3 rings (SSSR count). The number of aryl methyl sites for hydroxylation is 1. The maximum Gasteiger partial charge on any atom is 0.146 e. The van der Waals surface area contributed by atoms with Gasteiger partial charge in [-0.2, -0.15) is 0 Å². The maximum atomic E-state index is 5.38. The summed E-state index contributed by atoms with van der Waals surface area (Å²) in [5.74, 6) is 2.73. The number of ether oxygens (including phenoxy) is 1. The van der Waals surface area contributed by atoms with Crippen LogP contribution in [-0.4, -0.2) is 29.8 Å². The Morgan fingerprint density at radius 2 is 2.39 bits per heavy atom. The lowest BCUT2D eigenvalue weighted by Crippen LogP contribution is -2.12. The summed E-state index contributed by atoms with van der Waals surface area (Å²) >= 11 is 0. The summed E-state index contributed by atoms with van der Waals surface area (Å²) in [5.41, 5.74) is 2.12. The quantitative estimate of drug-likeness (QED) is 0.895. The SMILES string of the molecule is COc1cccc2c1nc(CC1CCNC1)n2C. The number of fused-ring (bicyclic) bond motifs is 1. The lowest BCUT2D eigenvalue weighted by atomic mass is 10.0. The summed E-state index contributed by atoms with van der Waals surface area (Å²) in [5, 5.41) is 3.41. The van der Waals surface area contributed by atoms with Crippen molar-refractivity contribution >= 4 is 11.0 Å². The van der Waals surface area contributed by atoms with Gasteiger partial charge in [-0.15, -0.1) is 0 Å². The first-order valence-corrected chi connectivity index (χ1v) is 6.48. The third-order valence-electron chi connectivity index (χ3n) is 3.82. The van der Waals surface area contributed by atoms with Gasteiger partial charge in [0.05, 0.1) is 12.6 Å². The molecule has 0 amide bonds. The Labute approximate surface area is 107 Å². The molecule has 0 radical (unpaired) electrons. The van der Waals surface area contributed by atoms with Gasteiger partial charge in [0.1, 0.15) is 17.1 Å². The number of rotatable bonds is 3. The zero-order chi connectivity index (χ0) is 12.5. The monoisotopic (exact) mass is 245 g/mol. The summed E-state index contributed by atoms with van der Waals surface area (Å²) in [6.45, 7) is 2.25. The standard InChI is InChI=1S/C14H19N3O/c1-17-11-4-3-5-12(18-2)14(11)16-13(17)8-10-6-7-15-9-10/h3-5,10,15H,6-9H2,1-2H3. The molecule has 1 saturated heterocycles. The highest BCUT2D eigenvalue weighted by molar-refractivity contribution is 5.82. The van der Waals surface area contributed by atoms with Crippen LogP contribution in [0, 0.1) is 5.92 Å². The molecule has 1 unspecified atom stereocenters. The number of imidazole rings is 1. The van der Waals surface area contributed by atoms with Crippen LogP contribution in [0.1, 0.15) is 12.2 Å². The number of nitrogens with one attached hydrogen (secondary N) is 1. The van der Waals surface area contributed by atoms with Crippen LogP contribution >= 0.6 is 0 Å². The molecule has 4 heteroatoms. The minimum Gasteiger partial charge on any atom is -0.494 e. The Bertz CT molecular complexity index is 555. The largest absolute Gasteiger partial charge is 0.494 e. The van der Waals surface area contributed by atoms with E-state index in [2.05, 4.69) is 23.0 Å². The molecule has 1 aliphatic heterocycles. The van der Waals surface area contributed by atoms with Crippen LogP contribution in [0.4, 0.5) is 0 Å². The molecule has 2 aromatic rings. The van der Waals surface area contributed by atoms with Gasteiger partial charge in [-0.3, -0.25) is 0 Å². The third-order valence-corrected chi connectivity index (χ3v) is 3.82. The molecular formula is C14H19N3O. The minimum absolute atomic E-state index is 0.714. The number of methoxy groups -OCH3 is 1. The van der Waals surface area contributed by atoms with E-state index >= 15 is 0 Å². The van der Waals surface area contributed by atoms with Crippen LogP contribution in [-0.2, 0) is 13.5 Å². The second kappa shape index (κ2) is 4.61.